The third-order valence-corrected chi connectivity index (χ3v) is 2.28. The molecule has 1 N–H and O–H groups in total. The van der Waals surface area contributed by atoms with Crippen LogP contribution in [0.2, 0.25) is 5.02 Å². The fourth-order valence-corrected chi connectivity index (χ4v) is 1.56. The van der Waals surface area contributed by atoms with Crippen molar-refractivity contribution < 1.29 is 14.4 Å². The number of carboxylic acids is 1. The Kier molecular flexibility index (Phi) is 2.92. The van der Waals surface area contributed by atoms with Gasteiger partial charge in [-0.1, -0.05) is 28.9 Å². The molecule has 0 radical (unpaired) electrons. The van der Waals surface area contributed by atoms with Crippen molar-refractivity contribution in [2.45, 2.75) is 6.42 Å². The van der Waals surface area contributed by atoms with Crippen molar-refractivity contribution >= 4 is 17.6 Å². The van der Waals surface area contributed by atoms with E-state index in [1.807, 2.05) is 12.1 Å². The quantitative estimate of drug-likeness (QED) is 0.891. The number of halogens is 1. The van der Waals surface area contributed by atoms with Gasteiger partial charge in [0.1, 0.15) is 0 Å². The number of aromatic nitrogens is 1. The number of hydrogen-bond acceptors (Lipinski definition) is 3. The number of benzene rings is 1. The zero-order valence-electron chi connectivity index (χ0n) is 8.18. The first kappa shape index (κ1) is 10.7. The maximum atomic E-state index is 10.6. The minimum Gasteiger partial charge on any atom is -0.475 e. The van der Waals surface area contributed by atoms with E-state index in [0.717, 1.165) is 5.56 Å². The van der Waals surface area contributed by atoms with Crippen molar-refractivity contribution in [3.63, 3.8) is 0 Å². The smallest absolute Gasteiger partial charge is 0.374 e. The standard InChI is InChI=1S/C11H8ClNO3/c12-8-3-1-2-7(4-8)5-9-6-10(11(14)15)16-13-9/h1-4,6H,5H2,(H,14,15). The zero-order chi connectivity index (χ0) is 11.5. The highest BCUT2D eigenvalue weighted by atomic mass is 35.5. The molecule has 0 spiro atoms. The Balaban J connectivity index is 2.17. The molecule has 0 saturated heterocycles. The summed E-state index contributed by atoms with van der Waals surface area (Å²) in [4.78, 5) is 10.6. The predicted octanol–water partition coefficient (Wildman–Crippen LogP) is 2.62. The molecule has 0 unspecified atom stereocenters. The van der Waals surface area contributed by atoms with Gasteiger partial charge in [-0.2, -0.15) is 0 Å². The van der Waals surface area contributed by atoms with Crippen LogP contribution >= 0.6 is 11.6 Å². The monoisotopic (exact) mass is 237 g/mol. The van der Waals surface area contributed by atoms with Gasteiger partial charge in [0.05, 0.1) is 5.69 Å². The highest BCUT2D eigenvalue weighted by Gasteiger charge is 2.11. The lowest BCUT2D eigenvalue weighted by molar-refractivity contribution is 0.0652. The fraction of sp³-hybridized carbons (Fsp3) is 0.0909. The molecule has 0 saturated carbocycles. The van der Waals surface area contributed by atoms with Gasteiger partial charge in [-0.25, -0.2) is 4.79 Å². The lowest BCUT2D eigenvalue weighted by Gasteiger charge is -1.97. The van der Waals surface area contributed by atoms with Gasteiger partial charge in [-0.3, -0.25) is 0 Å². The lowest BCUT2D eigenvalue weighted by Crippen LogP contribution is -1.92. The van der Waals surface area contributed by atoms with Crippen molar-refractivity contribution in [1.29, 1.82) is 0 Å². The minimum absolute atomic E-state index is 0.156. The van der Waals surface area contributed by atoms with E-state index in [0.29, 0.717) is 17.1 Å². The molecule has 1 aromatic heterocycles. The Morgan fingerprint density at radius 1 is 1.44 bits per heavy atom. The summed E-state index contributed by atoms with van der Waals surface area (Å²) in [6.45, 7) is 0. The summed E-state index contributed by atoms with van der Waals surface area (Å²) >= 11 is 5.83. The van der Waals surface area contributed by atoms with Crippen molar-refractivity contribution in [2.24, 2.45) is 0 Å². The summed E-state index contributed by atoms with van der Waals surface area (Å²) in [6, 6.07) is 8.70. The molecule has 2 rings (SSSR count). The van der Waals surface area contributed by atoms with Crippen LogP contribution < -0.4 is 0 Å². The molecule has 0 aliphatic heterocycles. The molecule has 5 heteroatoms. The van der Waals surface area contributed by atoms with Gasteiger partial charge in [0, 0.05) is 17.5 Å². The fourth-order valence-electron chi connectivity index (χ4n) is 1.35. The van der Waals surface area contributed by atoms with Crippen LogP contribution in [0.5, 0.6) is 0 Å². The summed E-state index contributed by atoms with van der Waals surface area (Å²) in [5.74, 6) is -1.28. The second kappa shape index (κ2) is 4.37. The third kappa shape index (κ3) is 2.41. The van der Waals surface area contributed by atoms with E-state index in [1.165, 1.54) is 6.07 Å². The van der Waals surface area contributed by atoms with E-state index in [9.17, 15) is 4.79 Å². The number of hydrogen-bond donors (Lipinski definition) is 1. The SMILES string of the molecule is O=C(O)c1cc(Cc2cccc(Cl)c2)no1. The molecule has 1 heterocycles. The summed E-state index contributed by atoms with van der Waals surface area (Å²) in [6.07, 6.45) is 0.497. The summed E-state index contributed by atoms with van der Waals surface area (Å²) in [5.41, 5.74) is 1.53. The molecule has 0 fully saturated rings. The Labute approximate surface area is 96.4 Å². The van der Waals surface area contributed by atoms with Gasteiger partial charge in [0.2, 0.25) is 5.76 Å². The summed E-state index contributed by atoms with van der Waals surface area (Å²) in [7, 11) is 0. The van der Waals surface area contributed by atoms with Crippen LogP contribution in [-0.4, -0.2) is 16.2 Å². The van der Waals surface area contributed by atoms with Crippen LogP contribution in [0.3, 0.4) is 0 Å². The van der Waals surface area contributed by atoms with E-state index in [1.54, 1.807) is 12.1 Å². The molecule has 0 bridgehead atoms. The van der Waals surface area contributed by atoms with Crippen molar-refractivity contribution in [2.75, 3.05) is 0 Å². The van der Waals surface area contributed by atoms with E-state index >= 15 is 0 Å². The number of aromatic carboxylic acids is 1. The van der Waals surface area contributed by atoms with Crippen LogP contribution in [0.25, 0.3) is 0 Å². The Morgan fingerprint density at radius 3 is 2.88 bits per heavy atom. The highest BCUT2D eigenvalue weighted by Crippen LogP contribution is 2.14. The second-order valence-corrected chi connectivity index (χ2v) is 3.73. The highest BCUT2D eigenvalue weighted by molar-refractivity contribution is 6.30. The van der Waals surface area contributed by atoms with Crippen molar-refractivity contribution in [1.82, 2.24) is 5.16 Å². The Bertz CT molecular complexity index is 521. The van der Waals surface area contributed by atoms with E-state index < -0.39 is 5.97 Å². The van der Waals surface area contributed by atoms with E-state index in [4.69, 9.17) is 16.7 Å². The molecule has 0 aliphatic rings. The molecule has 82 valence electrons. The first-order chi connectivity index (χ1) is 7.65. The summed E-state index contributed by atoms with van der Waals surface area (Å²) < 4.78 is 4.65. The lowest BCUT2D eigenvalue weighted by atomic mass is 10.1. The first-order valence-electron chi connectivity index (χ1n) is 4.58. The first-order valence-corrected chi connectivity index (χ1v) is 4.96. The maximum Gasteiger partial charge on any atom is 0.374 e. The summed E-state index contributed by atoms with van der Waals surface area (Å²) in [5, 5.41) is 13.0. The predicted molar refractivity (Wildman–Crippen MR) is 57.7 cm³/mol. The molecule has 0 aliphatic carbocycles. The molecule has 4 nitrogen and oxygen atoms in total. The third-order valence-electron chi connectivity index (χ3n) is 2.04. The number of carboxylic acid groups (broad SMARTS) is 1. The zero-order valence-corrected chi connectivity index (χ0v) is 8.94. The molecule has 1 aromatic carbocycles. The number of carbonyl (C=O) groups is 1. The minimum atomic E-state index is -1.12. The number of rotatable bonds is 3. The van der Waals surface area contributed by atoms with Crippen LogP contribution in [0.4, 0.5) is 0 Å². The Morgan fingerprint density at radius 2 is 2.25 bits per heavy atom. The van der Waals surface area contributed by atoms with Crippen molar-refractivity contribution in [3.05, 3.63) is 52.4 Å². The van der Waals surface area contributed by atoms with Gasteiger partial charge < -0.3 is 9.63 Å². The molecule has 0 atom stereocenters. The van der Waals surface area contributed by atoms with Crippen LogP contribution in [0.15, 0.2) is 34.9 Å². The topological polar surface area (TPSA) is 63.3 Å². The van der Waals surface area contributed by atoms with Gasteiger partial charge in [0.15, 0.2) is 0 Å². The van der Waals surface area contributed by atoms with Gasteiger partial charge in [0.25, 0.3) is 0 Å². The van der Waals surface area contributed by atoms with Gasteiger partial charge >= 0.3 is 5.97 Å². The van der Waals surface area contributed by atoms with E-state index in [2.05, 4.69) is 9.68 Å². The average Bonchev–Trinajstić information content (AvgIpc) is 2.66. The average molecular weight is 238 g/mol. The second-order valence-electron chi connectivity index (χ2n) is 3.29. The molecule has 0 amide bonds. The molecule has 16 heavy (non-hydrogen) atoms. The normalized spacial score (nSPS) is 10.3. The molecular formula is C11H8ClNO3. The van der Waals surface area contributed by atoms with E-state index in [-0.39, 0.29) is 5.76 Å². The Hall–Kier alpha value is -1.81. The van der Waals surface area contributed by atoms with Crippen molar-refractivity contribution in [3.8, 4) is 0 Å². The van der Waals surface area contributed by atoms with Crippen LogP contribution in [-0.2, 0) is 6.42 Å². The maximum absolute atomic E-state index is 10.6. The number of nitrogens with zero attached hydrogens (tertiary/aromatic N) is 1. The van der Waals surface area contributed by atoms with Gasteiger partial charge in [-0.05, 0) is 17.7 Å². The largest absolute Gasteiger partial charge is 0.475 e. The van der Waals surface area contributed by atoms with Crippen LogP contribution in [0, 0.1) is 0 Å². The molecular weight excluding hydrogens is 230 g/mol. The molecule has 2 aromatic rings. The van der Waals surface area contributed by atoms with Crippen LogP contribution in [0.1, 0.15) is 21.8 Å². The van der Waals surface area contributed by atoms with Gasteiger partial charge in [-0.15, -0.1) is 0 Å².